The number of pyridine rings is 2. The van der Waals surface area contributed by atoms with Crippen LogP contribution in [0.3, 0.4) is 0 Å². The van der Waals surface area contributed by atoms with E-state index in [4.69, 9.17) is 21.4 Å². The van der Waals surface area contributed by atoms with Gasteiger partial charge in [0.1, 0.15) is 17.2 Å². The fourth-order valence-electron chi connectivity index (χ4n) is 8.82. The van der Waals surface area contributed by atoms with Crippen LogP contribution in [0.5, 0.6) is 0 Å². The Labute approximate surface area is 360 Å². The minimum absolute atomic E-state index is 0.280. The molecular weight excluding hydrogens is 795 g/mol. The summed E-state index contributed by atoms with van der Waals surface area (Å²) in [5.41, 5.74) is 23.7. The number of urea groups is 1. The Morgan fingerprint density at radius 1 is 0.629 bits per heavy atom. The topological polar surface area (TPSA) is 165 Å². The highest BCUT2D eigenvalue weighted by atomic mass is 32.2. The zero-order chi connectivity index (χ0) is 42.6. The van der Waals surface area contributed by atoms with E-state index >= 15 is 0 Å². The quantitative estimate of drug-likeness (QED) is 0.101. The van der Waals surface area contributed by atoms with Gasteiger partial charge in [0.05, 0.1) is 34.2 Å². The minimum Gasteiger partial charge on any atom is -0.341 e. The summed E-state index contributed by atoms with van der Waals surface area (Å²) in [5, 5.41) is 2.63. The normalized spacial score (nSPS) is 15.5. The van der Waals surface area contributed by atoms with Gasteiger partial charge in [-0.1, -0.05) is 109 Å². The van der Waals surface area contributed by atoms with E-state index in [9.17, 15) is 13.2 Å². The number of amides is 2. The molecule has 0 radical (unpaired) electrons. The number of nitrogens with zero attached hydrogens (tertiary/aromatic N) is 5. The molecule has 62 heavy (non-hydrogen) atoms. The fourth-order valence-corrected chi connectivity index (χ4v) is 9.97. The van der Waals surface area contributed by atoms with E-state index in [1.54, 1.807) is 36.7 Å². The first-order valence-electron chi connectivity index (χ1n) is 21.0. The molecule has 0 bridgehead atoms. The highest BCUT2D eigenvalue weighted by Crippen LogP contribution is 2.42. The van der Waals surface area contributed by atoms with Gasteiger partial charge in [0.15, 0.2) is 0 Å². The van der Waals surface area contributed by atoms with Crippen LogP contribution < -0.4 is 26.4 Å². The zero-order valence-corrected chi connectivity index (χ0v) is 35.1. The highest BCUT2D eigenvalue weighted by Gasteiger charge is 2.35. The van der Waals surface area contributed by atoms with Gasteiger partial charge in [-0.3, -0.25) is 18.4 Å². The van der Waals surface area contributed by atoms with Crippen molar-refractivity contribution >= 4 is 38.7 Å². The molecule has 2 saturated carbocycles. The lowest BCUT2D eigenvalue weighted by Gasteiger charge is -2.38. The van der Waals surface area contributed by atoms with Gasteiger partial charge in [-0.15, -0.1) is 0 Å². The summed E-state index contributed by atoms with van der Waals surface area (Å²) in [6.45, 7) is 0. The molecule has 4 aromatic heterocycles. The molecular formula is C49H47N9O3S. The van der Waals surface area contributed by atoms with Gasteiger partial charge in [-0.25, -0.2) is 23.2 Å². The Morgan fingerprint density at radius 2 is 1.10 bits per heavy atom. The largest absolute Gasteiger partial charge is 0.341 e. The van der Waals surface area contributed by atoms with Crippen molar-refractivity contribution < 1.29 is 13.2 Å². The first kappa shape index (κ1) is 39.3. The van der Waals surface area contributed by atoms with Crippen molar-refractivity contribution in [2.45, 2.75) is 49.6 Å². The van der Waals surface area contributed by atoms with Gasteiger partial charge in [-0.2, -0.15) is 0 Å². The van der Waals surface area contributed by atoms with Crippen LogP contribution in [0.15, 0.2) is 146 Å². The third-order valence-electron chi connectivity index (χ3n) is 12.6. The van der Waals surface area contributed by atoms with Gasteiger partial charge in [0.25, 0.3) is 10.0 Å². The smallest absolute Gasteiger partial charge is 0.322 e. The number of imidazole rings is 2. The molecule has 0 unspecified atom stereocenters. The monoisotopic (exact) mass is 841 g/mol. The molecule has 4 heterocycles. The number of carbonyl (C=O) groups excluding carboxylic acids is 1. The second kappa shape index (κ2) is 15.3. The molecule has 10 rings (SSSR count). The highest BCUT2D eigenvalue weighted by molar-refractivity contribution is 7.92. The molecule has 13 heteroatoms. The van der Waals surface area contributed by atoms with Crippen LogP contribution in [0.4, 0.5) is 16.2 Å². The number of carbonyl (C=O) groups is 1. The van der Waals surface area contributed by atoms with Crippen molar-refractivity contribution in [2.75, 3.05) is 22.5 Å². The number of rotatable bonds is 11. The van der Waals surface area contributed by atoms with Gasteiger partial charge in [-0.05, 0) is 73.9 Å². The Kier molecular flexibility index (Phi) is 9.70. The Morgan fingerprint density at radius 3 is 1.55 bits per heavy atom. The molecule has 4 aromatic carbocycles. The number of fused-ring (bicyclic) bond motifs is 2. The average molecular weight is 842 g/mol. The molecule has 2 amide bonds. The first-order valence-corrected chi connectivity index (χ1v) is 22.6. The Hall–Kier alpha value is -6.80. The van der Waals surface area contributed by atoms with E-state index in [-0.39, 0.29) is 11.1 Å². The summed E-state index contributed by atoms with van der Waals surface area (Å²) in [6, 6.07) is 42.7. The molecule has 0 aliphatic heterocycles. The summed E-state index contributed by atoms with van der Waals surface area (Å²) < 4.78 is 34.8. The zero-order valence-electron chi connectivity index (χ0n) is 34.3. The number of nitrogens with one attached hydrogen (secondary N) is 2. The van der Waals surface area contributed by atoms with Gasteiger partial charge in [0.2, 0.25) is 0 Å². The number of sulfonamides is 1. The van der Waals surface area contributed by atoms with E-state index < -0.39 is 21.9 Å². The van der Waals surface area contributed by atoms with Gasteiger partial charge >= 0.3 is 6.03 Å². The number of aromatic nitrogens is 4. The first-order chi connectivity index (χ1) is 30.0. The van der Waals surface area contributed by atoms with Crippen LogP contribution in [-0.2, 0) is 21.1 Å². The molecule has 2 aliphatic carbocycles. The summed E-state index contributed by atoms with van der Waals surface area (Å²) in [6.07, 6.45) is 9.61. The molecule has 2 aliphatic rings. The van der Waals surface area contributed by atoms with Crippen molar-refractivity contribution in [1.82, 2.24) is 24.1 Å². The maximum atomic E-state index is 14.1. The lowest BCUT2D eigenvalue weighted by Crippen LogP contribution is -2.43. The Balaban J connectivity index is 0.983. The van der Waals surface area contributed by atoms with Crippen LogP contribution in [0, 0.1) is 0 Å². The van der Waals surface area contributed by atoms with Crippen LogP contribution in [0.25, 0.3) is 56.3 Å². The maximum Gasteiger partial charge on any atom is 0.322 e. The number of benzene rings is 4. The van der Waals surface area contributed by atoms with E-state index in [0.29, 0.717) is 22.7 Å². The fraction of sp³-hybridized carbons (Fsp3) is 0.204. The van der Waals surface area contributed by atoms with Crippen molar-refractivity contribution in [1.29, 1.82) is 0 Å². The molecule has 12 nitrogen and oxygen atoms in total. The molecule has 0 atom stereocenters. The molecule has 0 saturated heterocycles. The second-order valence-corrected chi connectivity index (χ2v) is 18.3. The summed E-state index contributed by atoms with van der Waals surface area (Å²) in [4.78, 5) is 24.8. The lowest BCUT2D eigenvalue weighted by molar-refractivity contribution is 0.249. The standard InChI is InChI=1S/C49H47N9O3S/c1-52-47(59)58(40-23-25-42-54-44(46(57(42)31-40)36-12-6-3-7-13-36)34-16-20-38(21-17-34)49(51)28-9-29-49)32-62(60,61)55-39-22-24-41-53-43(45(56(41)30-39)35-10-4-2-5-11-35)33-14-18-37(19-15-33)48(50)26-8-27-48/h2-7,10-25,30-31,55H,8-9,26-29,32,50-51H2,1H3,(H,52,59). The van der Waals surface area contributed by atoms with Crippen molar-refractivity contribution in [3.05, 3.63) is 157 Å². The lowest BCUT2D eigenvalue weighted by atomic mass is 9.72. The SMILES string of the molecule is CNC(=O)N(CS(=O)(=O)Nc1ccc2nc(-c3ccc(C4(N)CCC4)cc3)c(-c3ccccc3)n2c1)c1ccc2nc(-c3ccc(C4(N)CCC4)cc3)c(-c3ccccc3)n2c1. The second-order valence-electron chi connectivity index (χ2n) is 16.6. The van der Waals surface area contributed by atoms with Gasteiger partial charge in [0, 0.05) is 52.8 Å². The number of anilines is 2. The molecule has 0 spiro atoms. The van der Waals surface area contributed by atoms with Crippen molar-refractivity contribution in [3.8, 4) is 45.0 Å². The number of nitrogens with two attached hydrogens (primary N) is 2. The van der Waals surface area contributed by atoms with E-state index in [0.717, 1.165) is 94.7 Å². The maximum absolute atomic E-state index is 14.1. The summed E-state index contributed by atoms with van der Waals surface area (Å²) in [7, 11) is -2.70. The Bertz CT molecular complexity index is 3070. The van der Waals surface area contributed by atoms with E-state index in [2.05, 4.69) is 58.6 Å². The third kappa shape index (κ3) is 7.07. The number of hydrogen-bond donors (Lipinski definition) is 4. The molecule has 312 valence electrons. The molecule has 2 fully saturated rings. The van der Waals surface area contributed by atoms with Crippen LogP contribution in [0.1, 0.15) is 49.7 Å². The van der Waals surface area contributed by atoms with E-state index in [1.165, 1.54) is 11.9 Å². The van der Waals surface area contributed by atoms with Crippen LogP contribution in [0.2, 0.25) is 0 Å². The molecule has 8 aromatic rings. The summed E-state index contributed by atoms with van der Waals surface area (Å²) >= 11 is 0. The average Bonchev–Trinajstić information content (AvgIpc) is 3.85. The van der Waals surface area contributed by atoms with Crippen molar-refractivity contribution in [2.24, 2.45) is 11.5 Å². The van der Waals surface area contributed by atoms with Crippen molar-refractivity contribution in [3.63, 3.8) is 0 Å². The molecule has 6 N–H and O–H groups in total. The summed E-state index contributed by atoms with van der Waals surface area (Å²) in [5.74, 6) is -0.670. The predicted octanol–water partition coefficient (Wildman–Crippen LogP) is 8.87. The van der Waals surface area contributed by atoms with E-state index in [1.807, 2.05) is 69.5 Å². The third-order valence-corrected chi connectivity index (χ3v) is 13.8. The number of hydrogen-bond acceptors (Lipinski definition) is 7. The van der Waals surface area contributed by atoms with Crippen LogP contribution in [-0.4, -0.2) is 46.1 Å². The minimum atomic E-state index is -4.18. The predicted molar refractivity (Wildman–Crippen MR) is 246 cm³/mol. The van der Waals surface area contributed by atoms with Gasteiger partial charge < -0.3 is 16.8 Å². The van der Waals surface area contributed by atoms with Crippen LogP contribution >= 0.6 is 0 Å².